The molecule has 8 heteroatoms. The lowest BCUT2D eigenvalue weighted by Gasteiger charge is -2.14. The van der Waals surface area contributed by atoms with Gasteiger partial charge in [0.1, 0.15) is 0 Å². The summed E-state index contributed by atoms with van der Waals surface area (Å²) >= 11 is 7.19. The fraction of sp³-hybridized carbons (Fsp3) is 0.238. The van der Waals surface area contributed by atoms with Gasteiger partial charge in [0, 0.05) is 17.0 Å². The molecule has 3 rings (SSSR count). The van der Waals surface area contributed by atoms with Crippen LogP contribution in [0.3, 0.4) is 0 Å². The van der Waals surface area contributed by atoms with Crippen LogP contribution in [0.15, 0.2) is 52.3 Å². The van der Waals surface area contributed by atoms with Gasteiger partial charge >= 0.3 is 0 Å². The van der Waals surface area contributed by atoms with Crippen LogP contribution in [-0.2, 0) is 14.3 Å². The summed E-state index contributed by atoms with van der Waals surface area (Å²) in [5, 5.41) is 0.596. The maximum absolute atomic E-state index is 13.1. The van der Waals surface area contributed by atoms with E-state index < -0.39 is 0 Å². The molecule has 1 heterocycles. The fourth-order valence-electron chi connectivity index (χ4n) is 2.90. The minimum absolute atomic E-state index is 0.176. The molecule has 29 heavy (non-hydrogen) atoms. The van der Waals surface area contributed by atoms with E-state index in [1.165, 1.54) is 38.0 Å². The molecule has 152 valence electrons. The van der Waals surface area contributed by atoms with Crippen molar-refractivity contribution < 1.29 is 23.8 Å². The molecule has 0 fully saturated rings. The number of methoxy groups -OCH3 is 3. The van der Waals surface area contributed by atoms with Crippen molar-refractivity contribution in [2.75, 3.05) is 34.5 Å². The van der Waals surface area contributed by atoms with Crippen LogP contribution >= 0.6 is 23.4 Å². The summed E-state index contributed by atoms with van der Waals surface area (Å²) in [5.74, 6) is 0.299. The van der Waals surface area contributed by atoms with Crippen molar-refractivity contribution in [3.63, 3.8) is 0 Å². The fourth-order valence-corrected chi connectivity index (χ4v) is 4.04. The van der Waals surface area contributed by atoms with Gasteiger partial charge in [0.05, 0.1) is 37.8 Å². The zero-order valence-electron chi connectivity index (χ0n) is 16.2. The number of hydrogen-bond donors (Lipinski definition) is 0. The van der Waals surface area contributed by atoms with Gasteiger partial charge in [0.15, 0.2) is 11.5 Å². The first-order valence-electron chi connectivity index (χ1n) is 8.75. The van der Waals surface area contributed by atoms with E-state index in [4.69, 9.17) is 25.8 Å². The van der Waals surface area contributed by atoms with E-state index in [0.29, 0.717) is 32.6 Å². The number of imide groups is 1. The Morgan fingerprint density at radius 2 is 1.62 bits per heavy atom. The highest BCUT2D eigenvalue weighted by molar-refractivity contribution is 8.04. The number of carbonyl (C=O) groups excluding carboxylic acids is 2. The van der Waals surface area contributed by atoms with E-state index in [1.54, 1.807) is 30.3 Å². The Kier molecular flexibility index (Phi) is 6.84. The van der Waals surface area contributed by atoms with E-state index in [2.05, 4.69) is 0 Å². The Bertz CT molecular complexity index is 958. The van der Waals surface area contributed by atoms with Crippen LogP contribution in [0.25, 0.3) is 5.57 Å². The molecular weight excluding hydrogens is 414 g/mol. The molecule has 6 nitrogen and oxygen atoms in total. The number of benzene rings is 2. The first-order chi connectivity index (χ1) is 14.0. The SMILES string of the molecule is COCCN1C(=O)C(Sc2ccc(Cl)cc2)=C(c2ccc(OC)c(OC)c2)C1=O. The van der Waals surface area contributed by atoms with E-state index in [9.17, 15) is 9.59 Å². The van der Waals surface area contributed by atoms with Crippen molar-refractivity contribution in [2.45, 2.75) is 4.90 Å². The highest BCUT2D eigenvalue weighted by Crippen LogP contribution is 2.41. The summed E-state index contributed by atoms with van der Waals surface area (Å²) in [6, 6.07) is 12.2. The van der Waals surface area contributed by atoms with Crippen LogP contribution in [0.1, 0.15) is 5.56 Å². The van der Waals surface area contributed by atoms with Gasteiger partial charge in [-0.2, -0.15) is 0 Å². The molecule has 0 aromatic heterocycles. The number of halogens is 1. The van der Waals surface area contributed by atoms with Crippen molar-refractivity contribution in [3.05, 3.63) is 58.0 Å². The third kappa shape index (κ3) is 4.42. The molecule has 0 radical (unpaired) electrons. The second-order valence-corrected chi connectivity index (χ2v) is 7.60. The van der Waals surface area contributed by atoms with Crippen molar-refractivity contribution in [2.24, 2.45) is 0 Å². The van der Waals surface area contributed by atoms with Crippen molar-refractivity contribution >= 4 is 40.8 Å². The third-order valence-corrected chi connectivity index (χ3v) is 5.69. The molecule has 2 amide bonds. The maximum atomic E-state index is 13.1. The Hall–Kier alpha value is -2.48. The summed E-state index contributed by atoms with van der Waals surface area (Å²) in [6.07, 6.45) is 0. The van der Waals surface area contributed by atoms with E-state index >= 15 is 0 Å². The quantitative estimate of drug-likeness (QED) is 0.589. The summed E-state index contributed by atoms with van der Waals surface area (Å²) in [4.78, 5) is 28.5. The van der Waals surface area contributed by atoms with Gasteiger partial charge in [0.25, 0.3) is 11.8 Å². The average molecular weight is 434 g/mol. The summed E-state index contributed by atoms with van der Waals surface area (Å²) in [7, 11) is 4.58. The lowest BCUT2D eigenvalue weighted by molar-refractivity contribution is -0.137. The van der Waals surface area contributed by atoms with Crippen LogP contribution in [0.5, 0.6) is 11.5 Å². The number of carbonyl (C=O) groups is 2. The van der Waals surface area contributed by atoms with E-state index in [1.807, 2.05) is 12.1 Å². The number of ether oxygens (including phenoxy) is 3. The Labute approximate surface area is 178 Å². The first-order valence-corrected chi connectivity index (χ1v) is 9.94. The number of hydrogen-bond acceptors (Lipinski definition) is 6. The van der Waals surface area contributed by atoms with E-state index in [0.717, 1.165) is 4.90 Å². The molecule has 2 aromatic carbocycles. The lowest BCUT2D eigenvalue weighted by Crippen LogP contribution is -2.34. The number of nitrogens with zero attached hydrogens (tertiary/aromatic N) is 1. The summed E-state index contributed by atoms with van der Waals surface area (Å²) < 4.78 is 15.7. The monoisotopic (exact) mass is 433 g/mol. The normalized spacial score (nSPS) is 14.0. The molecule has 0 N–H and O–H groups in total. The molecule has 2 aromatic rings. The van der Waals surface area contributed by atoms with Gasteiger partial charge in [0.2, 0.25) is 0 Å². The number of amides is 2. The number of thioether (sulfide) groups is 1. The number of rotatable bonds is 8. The van der Waals surface area contributed by atoms with Gasteiger partial charge in [-0.1, -0.05) is 29.4 Å². The Balaban J connectivity index is 2.07. The predicted molar refractivity (Wildman–Crippen MR) is 112 cm³/mol. The Morgan fingerprint density at radius 3 is 2.24 bits per heavy atom. The molecule has 0 spiro atoms. The highest BCUT2D eigenvalue weighted by atomic mass is 35.5. The molecule has 0 saturated heterocycles. The molecule has 0 bridgehead atoms. The topological polar surface area (TPSA) is 65.1 Å². The lowest BCUT2D eigenvalue weighted by atomic mass is 10.1. The smallest absolute Gasteiger partial charge is 0.268 e. The largest absolute Gasteiger partial charge is 0.493 e. The second-order valence-electron chi connectivity index (χ2n) is 6.08. The minimum Gasteiger partial charge on any atom is -0.493 e. The van der Waals surface area contributed by atoms with Gasteiger partial charge in [-0.25, -0.2) is 0 Å². The van der Waals surface area contributed by atoms with Crippen LogP contribution < -0.4 is 9.47 Å². The average Bonchev–Trinajstić information content (AvgIpc) is 2.96. The van der Waals surface area contributed by atoms with E-state index in [-0.39, 0.29) is 25.0 Å². The molecular formula is C21H20ClNO5S. The first kappa shape index (κ1) is 21.2. The predicted octanol–water partition coefficient (Wildman–Crippen LogP) is 3.88. The minimum atomic E-state index is -0.365. The zero-order chi connectivity index (χ0) is 21.0. The molecule has 0 atom stereocenters. The molecule has 0 aliphatic carbocycles. The molecule has 1 aliphatic rings. The summed E-state index contributed by atoms with van der Waals surface area (Å²) in [5.41, 5.74) is 0.907. The van der Waals surface area contributed by atoms with Gasteiger partial charge < -0.3 is 14.2 Å². The van der Waals surface area contributed by atoms with Crippen LogP contribution in [0.2, 0.25) is 5.02 Å². The van der Waals surface area contributed by atoms with Crippen LogP contribution in [-0.4, -0.2) is 51.2 Å². The molecule has 0 unspecified atom stereocenters. The zero-order valence-corrected chi connectivity index (χ0v) is 17.8. The summed E-state index contributed by atoms with van der Waals surface area (Å²) in [6.45, 7) is 0.436. The van der Waals surface area contributed by atoms with Gasteiger partial charge in [-0.3, -0.25) is 14.5 Å². The van der Waals surface area contributed by atoms with Crippen molar-refractivity contribution in [3.8, 4) is 11.5 Å². The van der Waals surface area contributed by atoms with Crippen LogP contribution in [0, 0.1) is 0 Å². The Morgan fingerprint density at radius 1 is 0.931 bits per heavy atom. The second kappa shape index (κ2) is 9.35. The maximum Gasteiger partial charge on any atom is 0.268 e. The van der Waals surface area contributed by atoms with Crippen LogP contribution in [0.4, 0.5) is 0 Å². The van der Waals surface area contributed by atoms with Gasteiger partial charge in [-0.15, -0.1) is 0 Å². The standard InChI is InChI=1S/C21H20ClNO5S/c1-26-11-10-23-20(24)18(13-4-9-16(27-2)17(12-13)28-3)19(21(23)25)29-15-7-5-14(22)6-8-15/h4-9,12H,10-11H2,1-3H3. The molecule has 0 saturated carbocycles. The van der Waals surface area contributed by atoms with Gasteiger partial charge in [-0.05, 0) is 42.0 Å². The molecule has 1 aliphatic heterocycles. The van der Waals surface area contributed by atoms with Crippen molar-refractivity contribution in [1.82, 2.24) is 4.90 Å². The third-order valence-electron chi connectivity index (χ3n) is 4.35. The van der Waals surface area contributed by atoms with Crippen molar-refractivity contribution in [1.29, 1.82) is 0 Å². The highest BCUT2D eigenvalue weighted by Gasteiger charge is 2.39.